The molecule has 0 aliphatic carbocycles. The van der Waals surface area contributed by atoms with Gasteiger partial charge in [0, 0.05) is 0 Å². The first-order chi connectivity index (χ1) is 6.89. The summed E-state index contributed by atoms with van der Waals surface area (Å²) < 4.78 is 2.12. The minimum absolute atomic E-state index is 1.01. The Morgan fingerprint density at radius 3 is 2.27 bits per heavy atom. The summed E-state index contributed by atoms with van der Waals surface area (Å²) >= 11 is 0. The molecule has 2 aromatic rings. The summed E-state index contributed by atoms with van der Waals surface area (Å²) in [6.07, 6.45) is 0. The molecule has 15 heavy (non-hydrogen) atoms. The van der Waals surface area contributed by atoms with Crippen molar-refractivity contribution in [1.29, 1.82) is 0 Å². The Labute approximate surface area is 91.2 Å². The SMILES string of the molecule is Cc1cc2nnn([Si](C)(C)C)c2cc1C. The summed E-state index contributed by atoms with van der Waals surface area (Å²) in [5.41, 5.74) is 4.78. The topological polar surface area (TPSA) is 30.7 Å². The van der Waals surface area contributed by atoms with E-state index in [1.54, 1.807) is 0 Å². The van der Waals surface area contributed by atoms with Gasteiger partial charge in [-0.15, -0.1) is 5.10 Å². The molecule has 0 aliphatic heterocycles. The number of fused-ring (bicyclic) bond motifs is 1. The molecule has 3 nitrogen and oxygen atoms in total. The molecule has 0 unspecified atom stereocenters. The lowest BCUT2D eigenvalue weighted by Gasteiger charge is -2.16. The quantitative estimate of drug-likeness (QED) is 0.690. The van der Waals surface area contributed by atoms with Gasteiger partial charge in [-0.25, -0.2) is 0 Å². The number of hydrogen-bond acceptors (Lipinski definition) is 2. The first-order valence-corrected chi connectivity index (χ1v) is 8.67. The van der Waals surface area contributed by atoms with Crippen LogP contribution in [0.4, 0.5) is 0 Å². The summed E-state index contributed by atoms with van der Waals surface area (Å²) in [6.45, 7) is 11.1. The van der Waals surface area contributed by atoms with Crippen molar-refractivity contribution in [3.05, 3.63) is 23.3 Å². The van der Waals surface area contributed by atoms with Crippen LogP contribution in [0.25, 0.3) is 11.0 Å². The van der Waals surface area contributed by atoms with Gasteiger partial charge in [-0.3, -0.25) is 4.35 Å². The van der Waals surface area contributed by atoms with E-state index in [1.165, 1.54) is 16.6 Å². The van der Waals surface area contributed by atoms with Gasteiger partial charge in [0.25, 0.3) is 0 Å². The average Bonchev–Trinajstić information content (AvgIpc) is 2.47. The second-order valence-electron chi connectivity index (χ2n) is 5.10. The van der Waals surface area contributed by atoms with Gasteiger partial charge < -0.3 is 0 Å². The van der Waals surface area contributed by atoms with Gasteiger partial charge >= 0.3 is 0 Å². The van der Waals surface area contributed by atoms with E-state index >= 15 is 0 Å². The molecule has 0 bridgehead atoms. The molecule has 0 amide bonds. The number of aromatic nitrogens is 3. The van der Waals surface area contributed by atoms with Crippen molar-refractivity contribution in [3.8, 4) is 0 Å². The molecule has 1 aromatic heterocycles. The van der Waals surface area contributed by atoms with E-state index < -0.39 is 8.24 Å². The van der Waals surface area contributed by atoms with Crippen LogP contribution in [0.1, 0.15) is 11.1 Å². The summed E-state index contributed by atoms with van der Waals surface area (Å²) in [4.78, 5) is 0. The number of benzene rings is 1. The molecular weight excluding hydrogens is 202 g/mol. The van der Waals surface area contributed by atoms with Crippen molar-refractivity contribution >= 4 is 19.3 Å². The number of rotatable bonds is 1. The predicted molar refractivity (Wildman–Crippen MR) is 65.7 cm³/mol. The van der Waals surface area contributed by atoms with Crippen molar-refractivity contribution in [2.45, 2.75) is 33.5 Å². The van der Waals surface area contributed by atoms with E-state index in [1.807, 2.05) is 0 Å². The normalized spacial score (nSPS) is 12.3. The van der Waals surface area contributed by atoms with Crippen LogP contribution in [0, 0.1) is 13.8 Å². The van der Waals surface area contributed by atoms with Crippen LogP contribution in [0.15, 0.2) is 12.1 Å². The van der Waals surface area contributed by atoms with Crippen LogP contribution in [0.2, 0.25) is 19.6 Å². The molecular formula is C11H17N3Si. The molecule has 2 rings (SSSR count). The van der Waals surface area contributed by atoms with Gasteiger partial charge in [0.15, 0.2) is 8.24 Å². The highest BCUT2D eigenvalue weighted by Crippen LogP contribution is 2.19. The maximum absolute atomic E-state index is 4.28. The van der Waals surface area contributed by atoms with Gasteiger partial charge in [0.05, 0.1) is 5.52 Å². The minimum Gasteiger partial charge on any atom is -0.275 e. The average molecular weight is 219 g/mol. The molecule has 0 radical (unpaired) electrons. The predicted octanol–water partition coefficient (Wildman–Crippen LogP) is 2.73. The Kier molecular flexibility index (Phi) is 2.19. The van der Waals surface area contributed by atoms with Crippen LogP contribution in [-0.4, -0.2) is 22.9 Å². The summed E-state index contributed by atoms with van der Waals surface area (Å²) in [5, 5.41) is 8.51. The molecule has 0 spiro atoms. The van der Waals surface area contributed by atoms with E-state index in [9.17, 15) is 0 Å². The fourth-order valence-electron chi connectivity index (χ4n) is 1.67. The molecule has 0 aliphatic rings. The third-order valence-corrected chi connectivity index (χ3v) is 4.30. The summed E-state index contributed by atoms with van der Waals surface area (Å²) in [5.74, 6) is 0. The molecule has 1 heterocycles. The number of aryl methyl sites for hydroxylation is 2. The van der Waals surface area contributed by atoms with Gasteiger partial charge in [-0.1, -0.05) is 5.21 Å². The third kappa shape index (κ3) is 1.69. The van der Waals surface area contributed by atoms with Crippen LogP contribution >= 0.6 is 0 Å². The zero-order valence-corrected chi connectivity index (χ0v) is 11.0. The smallest absolute Gasteiger partial charge is 0.179 e. The van der Waals surface area contributed by atoms with Gasteiger partial charge in [-0.05, 0) is 56.7 Å². The molecule has 0 fully saturated rings. The first-order valence-electron chi connectivity index (χ1n) is 5.23. The fourth-order valence-corrected chi connectivity index (χ4v) is 2.89. The second-order valence-corrected chi connectivity index (χ2v) is 9.86. The fraction of sp³-hybridized carbons (Fsp3) is 0.455. The highest BCUT2D eigenvalue weighted by molar-refractivity contribution is 6.74. The summed E-state index contributed by atoms with van der Waals surface area (Å²) in [6, 6.07) is 4.32. The van der Waals surface area contributed by atoms with Crippen molar-refractivity contribution in [2.75, 3.05) is 0 Å². The third-order valence-electron chi connectivity index (χ3n) is 2.70. The molecule has 0 saturated heterocycles. The molecule has 4 heteroatoms. The van der Waals surface area contributed by atoms with Gasteiger partial charge in [0.1, 0.15) is 5.52 Å². The Hall–Kier alpha value is -1.16. The van der Waals surface area contributed by atoms with Crippen LogP contribution < -0.4 is 0 Å². The van der Waals surface area contributed by atoms with E-state index in [4.69, 9.17) is 0 Å². The van der Waals surface area contributed by atoms with E-state index in [-0.39, 0.29) is 0 Å². The molecule has 0 N–H and O–H groups in total. The van der Waals surface area contributed by atoms with Crippen molar-refractivity contribution < 1.29 is 0 Å². The lowest BCUT2D eigenvalue weighted by Crippen LogP contribution is -2.33. The largest absolute Gasteiger partial charge is 0.275 e. The van der Waals surface area contributed by atoms with Gasteiger partial charge in [0.2, 0.25) is 0 Å². The monoisotopic (exact) mass is 219 g/mol. The maximum Gasteiger partial charge on any atom is 0.179 e. The van der Waals surface area contributed by atoms with E-state index in [0.717, 1.165) is 5.52 Å². The van der Waals surface area contributed by atoms with Crippen molar-refractivity contribution in [1.82, 2.24) is 14.7 Å². The van der Waals surface area contributed by atoms with Crippen molar-refractivity contribution in [3.63, 3.8) is 0 Å². The zero-order valence-electron chi connectivity index (χ0n) is 10.00. The maximum atomic E-state index is 4.28. The molecule has 1 aromatic carbocycles. The lowest BCUT2D eigenvalue weighted by molar-refractivity contribution is 0.862. The summed E-state index contributed by atoms with van der Waals surface area (Å²) in [7, 11) is -1.44. The minimum atomic E-state index is -1.44. The Morgan fingerprint density at radius 1 is 1.07 bits per heavy atom. The molecule has 0 atom stereocenters. The first kappa shape index (κ1) is 10.4. The van der Waals surface area contributed by atoms with E-state index in [2.05, 4.69) is 60.3 Å². The van der Waals surface area contributed by atoms with Crippen molar-refractivity contribution in [2.24, 2.45) is 0 Å². The highest BCUT2D eigenvalue weighted by atomic mass is 28.3. The Morgan fingerprint density at radius 2 is 1.67 bits per heavy atom. The number of nitrogens with zero attached hydrogens (tertiary/aromatic N) is 3. The Balaban J connectivity index is 2.75. The standard InChI is InChI=1S/C11H17N3Si/c1-8-6-10-11(7-9(8)2)14(13-12-10)15(3,4)5/h6-7H,1-5H3. The number of hydrogen-bond donors (Lipinski definition) is 0. The van der Waals surface area contributed by atoms with Gasteiger partial charge in [-0.2, -0.15) is 0 Å². The van der Waals surface area contributed by atoms with Crippen LogP contribution in [-0.2, 0) is 0 Å². The molecule has 0 saturated carbocycles. The lowest BCUT2D eigenvalue weighted by atomic mass is 10.1. The van der Waals surface area contributed by atoms with Crippen LogP contribution in [0.5, 0.6) is 0 Å². The Bertz CT molecular complexity index is 508. The molecule has 80 valence electrons. The zero-order chi connectivity index (χ0) is 11.2. The van der Waals surface area contributed by atoms with E-state index in [0.29, 0.717) is 0 Å². The van der Waals surface area contributed by atoms with Crippen LogP contribution in [0.3, 0.4) is 0 Å². The highest BCUT2D eigenvalue weighted by Gasteiger charge is 2.21. The second kappa shape index (κ2) is 3.17.